The van der Waals surface area contributed by atoms with E-state index in [1.807, 2.05) is 27.7 Å². The fourth-order valence-corrected chi connectivity index (χ4v) is 4.09. The molecule has 2 aromatic rings. The van der Waals surface area contributed by atoms with Gasteiger partial charge in [-0.1, -0.05) is 83.1 Å². The van der Waals surface area contributed by atoms with E-state index in [1.54, 1.807) is 0 Å². The normalized spacial score (nSPS) is 20.1. The predicted octanol–water partition coefficient (Wildman–Crippen LogP) is 8.21. The average Bonchev–Trinajstić information content (AvgIpc) is 3.21. The van der Waals surface area contributed by atoms with Crippen LogP contribution in [0.4, 0.5) is 0 Å². The lowest BCUT2D eigenvalue weighted by atomic mass is 9.80. The summed E-state index contributed by atoms with van der Waals surface area (Å²) < 4.78 is 22.7. The minimum Gasteiger partial charge on any atom is -0.406 e. The molecular formula is C33H54B2O4. The lowest BCUT2D eigenvalue weighted by Crippen LogP contribution is -2.41. The number of rotatable bonds is 5. The lowest BCUT2D eigenvalue weighted by Gasteiger charge is -2.32. The molecule has 2 saturated heterocycles. The molecule has 0 radical (unpaired) electrons. The minimum absolute atomic E-state index is 0.132. The van der Waals surface area contributed by atoms with Gasteiger partial charge in [-0.3, -0.25) is 0 Å². The van der Waals surface area contributed by atoms with Crippen molar-refractivity contribution in [3.8, 4) is 0 Å². The molecule has 216 valence electrons. The standard InChI is InChI=1S/C16H25BO2.C11H16.C6H13BO2/c1-12(2)14-9-7-13(8-10-14)11-17-18-15(3,4)16(5,6)19-17;1-4-10-5-7-11(8-6-10)9(2)3;1-5(2)6(3,4)9-7-8-5/h7-10,12H,11H2,1-6H3;5-9H,4H2,1-3H3;7H,1-4H3. The Kier molecular flexibility index (Phi) is 11.5. The summed E-state index contributed by atoms with van der Waals surface area (Å²) in [7, 11) is 0.287. The fourth-order valence-electron chi connectivity index (χ4n) is 4.09. The van der Waals surface area contributed by atoms with E-state index in [1.165, 1.54) is 22.3 Å². The third kappa shape index (κ3) is 9.21. The zero-order valence-electron chi connectivity index (χ0n) is 27.1. The first kappa shape index (κ1) is 33.6. The van der Waals surface area contributed by atoms with Gasteiger partial charge in [0.2, 0.25) is 0 Å². The molecule has 2 aliphatic rings. The van der Waals surface area contributed by atoms with Gasteiger partial charge in [-0.05, 0) is 95.9 Å². The molecule has 0 atom stereocenters. The van der Waals surface area contributed by atoms with Crippen molar-refractivity contribution < 1.29 is 18.6 Å². The van der Waals surface area contributed by atoms with Crippen LogP contribution in [0.3, 0.4) is 0 Å². The molecule has 0 spiro atoms. The Hall–Kier alpha value is -1.59. The first-order chi connectivity index (χ1) is 17.9. The van der Waals surface area contributed by atoms with Gasteiger partial charge >= 0.3 is 14.8 Å². The molecule has 0 saturated carbocycles. The number of aryl methyl sites for hydroxylation is 1. The van der Waals surface area contributed by atoms with Gasteiger partial charge in [0.25, 0.3) is 0 Å². The van der Waals surface area contributed by atoms with Crippen molar-refractivity contribution >= 4 is 14.8 Å². The number of hydrogen-bond donors (Lipinski definition) is 0. The monoisotopic (exact) mass is 536 g/mol. The molecule has 0 N–H and O–H groups in total. The zero-order valence-corrected chi connectivity index (χ0v) is 27.1. The molecule has 4 nitrogen and oxygen atoms in total. The van der Waals surface area contributed by atoms with Crippen molar-refractivity contribution in [3.63, 3.8) is 0 Å². The number of benzene rings is 2. The van der Waals surface area contributed by atoms with Crippen LogP contribution in [0.2, 0.25) is 0 Å². The van der Waals surface area contributed by atoms with Crippen molar-refractivity contribution in [2.75, 3.05) is 0 Å². The summed E-state index contributed by atoms with van der Waals surface area (Å²) in [6.07, 6.45) is 1.95. The molecule has 39 heavy (non-hydrogen) atoms. The largest absolute Gasteiger partial charge is 0.462 e. The Bertz CT molecular complexity index is 979. The summed E-state index contributed by atoms with van der Waals surface area (Å²) in [5.41, 5.74) is 4.75. The van der Waals surface area contributed by atoms with Crippen LogP contribution in [-0.2, 0) is 31.4 Å². The zero-order chi connectivity index (χ0) is 29.6. The van der Waals surface area contributed by atoms with E-state index in [2.05, 4.69) is 111 Å². The molecule has 2 aromatic carbocycles. The van der Waals surface area contributed by atoms with Crippen molar-refractivity contribution in [1.29, 1.82) is 0 Å². The summed E-state index contributed by atoms with van der Waals surface area (Å²) in [5.74, 6) is 1.23. The van der Waals surface area contributed by atoms with Crippen molar-refractivity contribution in [3.05, 3.63) is 70.8 Å². The van der Waals surface area contributed by atoms with Crippen LogP contribution >= 0.6 is 0 Å². The highest BCUT2D eigenvalue weighted by molar-refractivity contribution is 6.45. The van der Waals surface area contributed by atoms with Crippen LogP contribution in [0.1, 0.15) is 124 Å². The third-order valence-electron chi connectivity index (χ3n) is 8.69. The molecule has 6 heteroatoms. The highest BCUT2D eigenvalue weighted by Gasteiger charge is 2.50. The molecule has 0 unspecified atom stereocenters. The van der Waals surface area contributed by atoms with Gasteiger partial charge in [0.05, 0.1) is 22.4 Å². The summed E-state index contributed by atoms with van der Waals surface area (Å²) in [6.45, 7) is 27.6. The molecule has 0 bridgehead atoms. The predicted molar refractivity (Wildman–Crippen MR) is 168 cm³/mol. The van der Waals surface area contributed by atoms with Crippen LogP contribution in [0.25, 0.3) is 0 Å². The molecule has 4 rings (SSSR count). The summed E-state index contributed by atoms with van der Waals surface area (Å²) in [6, 6.07) is 17.6. The quantitative estimate of drug-likeness (QED) is 0.361. The highest BCUT2D eigenvalue weighted by atomic mass is 16.7. The Morgan fingerprint density at radius 2 is 0.949 bits per heavy atom. The van der Waals surface area contributed by atoms with E-state index in [0.717, 1.165) is 12.7 Å². The van der Waals surface area contributed by atoms with Gasteiger partial charge in [0, 0.05) is 6.32 Å². The first-order valence-electron chi connectivity index (χ1n) is 14.7. The van der Waals surface area contributed by atoms with Crippen LogP contribution in [0.5, 0.6) is 0 Å². The summed E-state index contributed by atoms with van der Waals surface area (Å²) in [4.78, 5) is 0. The van der Waals surface area contributed by atoms with Gasteiger partial charge < -0.3 is 18.6 Å². The van der Waals surface area contributed by atoms with Gasteiger partial charge in [0.1, 0.15) is 0 Å². The average molecular weight is 536 g/mol. The van der Waals surface area contributed by atoms with Crippen molar-refractivity contribution in [2.45, 2.75) is 137 Å². The van der Waals surface area contributed by atoms with Crippen molar-refractivity contribution in [1.82, 2.24) is 0 Å². The van der Waals surface area contributed by atoms with Gasteiger partial charge in [-0.25, -0.2) is 0 Å². The molecule has 2 heterocycles. The Morgan fingerprint density at radius 3 is 1.23 bits per heavy atom. The Morgan fingerprint density at radius 1 is 0.590 bits per heavy atom. The summed E-state index contributed by atoms with van der Waals surface area (Å²) in [5, 5.41) is 0. The van der Waals surface area contributed by atoms with Crippen LogP contribution < -0.4 is 0 Å². The molecule has 0 aliphatic carbocycles. The SMILES string of the molecule is CC(C)c1ccc(CB2OC(C)(C)C(C)(C)O2)cc1.CC1(C)OBOC1(C)C.CCc1ccc(C(C)C)cc1. The van der Waals surface area contributed by atoms with Crippen LogP contribution in [0, 0.1) is 0 Å². The summed E-state index contributed by atoms with van der Waals surface area (Å²) >= 11 is 0. The van der Waals surface area contributed by atoms with Crippen LogP contribution in [-0.4, -0.2) is 37.2 Å². The highest BCUT2D eigenvalue weighted by Crippen LogP contribution is 2.37. The van der Waals surface area contributed by atoms with E-state index < -0.39 is 0 Å². The van der Waals surface area contributed by atoms with E-state index in [9.17, 15) is 0 Å². The topological polar surface area (TPSA) is 36.9 Å². The molecular weight excluding hydrogens is 482 g/mol. The fraction of sp³-hybridized carbons (Fsp3) is 0.636. The Labute approximate surface area is 241 Å². The van der Waals surface area contributed by atoms with E-state index in [4.69, 9.17) is 18.6 Å². The molecule has 0 aromatic heterocycles. The van der Waals surface area contributed by atoms with E-state index >= 15 is 0 Å². The second-order valence-corrected chi connectivity index (χ2v) is 13.5. The maximum Gasteiger partial charge on any atom is 0.462 e. The maximum atomic E-state index is 6.02. The van der Waals surface area contributed by atoms with E-state index in [0.29, 0.717) is 19.5 Å². The lowest BCUT2D eigenvalue weighted by molar-refractivity contribution is 0.00578. The molecule has 2 aliphatic heterocycles. The van der Waals surface area contributed by atoms with Crippen molar-refractivity contribution in [2.24, 2.45) is 0 Å². The second kappa shape index (κ2) is 13.4. The molecule has 2 fully saturated rings. The first-order valence-corrected chi connectivity index (χ1v) is 14.7. The van der Waals surface area contributed by atoms with E-state index in [-0.39, 0.29) is 29.5 Å². The number of hydrogen-bond acceptors (Lipinski definition) is 4. The minimum atomic E-state index is -0.241. The smallest absolute Gasteiger partial charge is 0.406 e. The Balaban J connectivity index is 0.000000226. The van der Waals surface area contributed by atoms with Gasteiger partial charge in [0.15, 0.2) is 0 Å². The third-order valence-corrected chi connectivity index (χ3v) is 8.69. The molecule has 0 amide bonds. The maximum absolute atomic E-state index is 6.02. The van der Waals surface area contributed by atoms with Crippen LogP contribution in [0.15, 0.2) is 48.5 Å². The second-order valence-electron chi connectivity index (χ2n) is 13.5. The van der Waals surface area contributed by atoms with Gasteiger partial charge in [-0.15, -0.1) is 0 Å². The van der Waals surface area contributed by atoms with Gasteiger partial charge in [-0.2, -0.15) is 0 Å².